The molecule has 0 aromatic heterocycles. The van der Waals surface area contributed by atoms with Gasteiger partial charge in [-0.25, -0.2) is 0 Å². The fraction of sp³-hybridized carbons (Fsp3) is 0.684. The highest BCUT2D eigenvalue weighted by Gasteiger charge is 2.26. The highest BCUT2D eigenvalue weighted by molar-refractivity contribution is 5.27. The van der Waals surface area contributed by atoms with E-state index in [-0.39, 0.29) is 0 Å². The zero-order chi connectivity index (χ0) is 14.4. The molecule has 112 valence electrons. The lowest BCUT2D eigenvalue weighted by Gasteiger charge is -2.33. The first-order chi connectivity index (χ1) is 9.70. The number of aryl methyl sites for hydroxylation is 1. The topological polar surface area (TPSA) is 12.0 Å². The van der Waals surface area contributed by atoms with Crippen LogP contribution in [-0.4, -0.2) is 12.6 Å². The van der Waals surface area contributed by atoms with Crippen molar-refractivity contribution in [1.82, 2.24) is 5.32 Å². The molecule has 1 aromatic rings. The van der Waals surface area contributed by atoms with Crippen molar-refractivity contribution < 1.29 is 0 Å². The van der Waals surface area contributed by atoms with Crippen LogP contribution in [-0.2, 0) is 6.42 Å². The Balaban J connectivity index is 2.08. The van der Waals surface area contributed by atoms with Crippen LogP contribution in [0.1, 0.15) is 69.9 Å². The average Bonchev–Trinajstić information content (AvgIpc) is 2.46. The van der Waals surface area contributed by atoms with Gasteiger partial charge >= 0.3 is 0 Å². The van der Waals surface area contributed by atoms with Gasteiger partial charge in [0.1, 0.15) is 0 Å². The molecular formula is C19H31N. The maximum atomic E-state index is 3.65. The van der Waals surface area contributed by atoms with E-state index < -0.39 is 0 Å². The molecule has 0 saturated heterocycles. The Morgan fingerprint density at radius 3 is 2.75 bits per heavy atom. The first-order valence-corrected chi connectivity index (χ1v) is 8.53. The lowest BCUT2D eigenvalue weighted by atomic mass is 9.75. The predicted octanol–water partition coefficient (Wildman–Crippen LogP) is 4.91. The molecule has 0 spiro atoms. The van der Waals surface area contributed by atoms with Crippen LogP contribution >= 0.6 is 0 Å². The maximum absolute atomic E-state index is 3.65. The molecule has 1 aliphatic rings. The Bertz CT molecular complexity index is 397. The van der Waals surface area contributed by atoms with E-state index in [2.05, 4.69) is 50.4 Å². The molecular weight excluding hydrogens is 242 g/mol. The molecule has 0 bridgehead atoms. The van der Waals surface area contributed by atoms with Gasteiger partial charge in [0, 0.05) is 6.04 Å². The molecule has 1 aliphatic carbocycles. The molecule has 1 nitrogen and oxygen atoms in total. The van der Waals surface area contributed by atoms with Crippen molar-refractivity contribution in [3.8, 4) is 0 Å². The van der Waals surface area contributed by atoms with E-state index in [1.807, 2.05) is 0 Å². The minimum absolute atomic E-state index is 0.601. The van der Waals surface area contributed by atoms with Crippen molar-refractivity contribution in [1.29, 1.82) is 0 Å². The molecule has 0 amide bonds. The normalized spacial score (nSPS) is 23.2. The maximum Gasteiger partial charge on any atom is 0.00104 e. The smallest absolute Gasteiger partial charge is 0.00104 e. The number of rotatable bonds is 6. The molecule has 0 heterocycles. The zero-order valence-corrected chi connectivity index (χ0v) is 13.5. The van der Waals surface area contributed by atoms with E-state index in [9.17, 15) is 0 Å². The van der Waals surface area contributed by atoms with Crippen LogP contribution in [0.5, 0.6) is 0 Å². The summed E-state index contributed by atoms with van der Waals surface area (Å²) in [6, 6.07) is 9.99. The van der Waals surface area contributed by atoms with Crippen LogP contribution in [0.4, 0.5) is 0 Å². The van der Waals surface area contributed by atoms with Gasteiger partial charge < -0.3 is 5.32 Å². The summed E-state index contributed by atoms with van der Waals surface area (Å²) in [4.78, 5) is 0. The molecule has 2 unspecified atom stereocenters. The third kappa shape index (κ3) is 4.34. The summed E-state index contributed by atoms with van der Waals surface area (Å²) in [5.41, 5.74) is 3.11. The monoisotopic (exact) mass is 273 g/mol. The minimum atomic E-state index is 0.601. The SMILES string of the molecule is CCCc1cccc(C2CCCCC2CNC(C)C)c1. The Morgan fingerprint density at radius 1 is 1.20 bits per heavy atom. The number of hydrogen-bond donors (Lipinski definition) is 1. The fourth-order valence-corrected chi connectivity index (χ4v) is 3.55. The standard InChI is InChI=1S/C19H31N/c1-4-8-16-9-7-11-17(13-16)19-12-6-5-10-18(19)14-20-15(2)3/h7,9,11,13,15,18-20H,4-6,8,10,12,14H2,1-3H3. The molecule has 1 fully saturated rings. The number of hydrogen-bond acceptors (Lipinski definition) is 1. The van der Waals surface area contributed by atoms with Gasteiger partial charge in [0.15, 0.2) is 0 Å². The first kappa shape index (κ1) is 15.6. The molecule has 20 heavy (non-hydrogen) atoms. The largest absolute Gasteiger partial charge is 0.314 e. The van der Waals surface area contributed by atoms with Crippen molar-refractivity contribution in [2.75, 3.05) is 6.54 Å². The van der Waals surface area contributed by atoms with E-state index in [0.717, 1.165) is 11.8 Å². The van der Waals surface area contributed by atoms with E-state index in [0.29, 0.717) is 6.04 Å². The molecule has 0 radical (unpaired) electrons. The van der Waals surface area contributed by atoms with Crippen molar-refractivity contribution in [2.45, 2.75) is 71.3 Å². The summed E-state index contributed by atoms with van der Waals surface area (Å²) in [6.07, 6.45) is 8.04. The van der Waals surface area contributed by atoms with Gasteiger partial charge in [-0.05, 0) is 48.8 Å². The summed E-state index contributed by atoms with van der Waals surface area (Å²) in [7, 11) is 0. The summed E-state index contributed by atoms with van der Waals surface area (Å²) in [5, 5.41) is 3.65. The lowest BCUT2D eigenvalue weighted by molar-refractivity contribution is 0.289. The van der Waals surface area contributed by atoms with E-state index in [4.69, 9.17) is 0 Å². The van der Waals surface area contributed by atoms with Gasteiger partial charge in [-0.1, -0.05) is 64.3 Å². The molecule has 0 aliphatic heterocycles. The summed E-state index contributed by atoms with van der Waals surface area (Å²) in [5.74, 6) is 1.59. The minimum Gasteiger partial charge on any atom is -0.314 e. The molecule has 1 N–H and O–H groups in total. The van der Waals surface area contributed by atoms with Gasteiger partial charge in [-0.2, -0.15) is 0 Å². The van der Waals surface area contributed by atoms with Gasteiger partial charge in [0.25, 0.3) is 0 Å². The highest BCUT2D eigenvalue weighted by atomic mass is 14.9. The van der Waals surface area contributed by atoms with Gasteiger partial charge in [0.2, 0.25) is 0 Å². The second-order valence-electron chi connectivity index (χ2n) is 6.71. The third-order valence-corrected chi connectivity index (χ3v) is 4.62. The molecule has 2 rings (SSSR count). The van der Waals surface area contributed by atoms with Crippen LogP contribution in [0, 0.1) is 5.92 Å². The van der Waals surface area contributed by atoms with Crippen molar-refractivity contribution in [3.05, 3.63) is 35.4 Å². The van der Waals surface area contributed by atoms with Crippen molar-refractivity contribution in [2.24, 2.45) is 5.92 Å². The Hall–Kier alpha value is -0.820. The highest BCUT2D eigenvalue weighted by Crippen LogP contribution is 2.37. The summed E-state index contributed by atoms with van der Waals surface area (Å²) < 4.78 is 0. The Labute approximate surface area is 125 Å². The molecule has 2 atom stereocenters. The molecule has 1 heteroatoms. The Morgan fingerprint density at radius 2 is 2.00 bits per heavy atom. The van der Waals surface area contributed by atoms with E-state index in [1.54, 1.807) is 5.56 Å². The van der Waals surface area contributed by atoms with Crippen LogP contribution in [0.15, 0.2) is 24.3 Å². The van der Waals surface area contributed by atoms with Gasteiger partial charge in [-0.3, -0.25) is 0 Å². The molecule has 1 aromatic carbocycles. The number of nitrogens with one attached hydrogen (secondary N) is 1. The van der Waals surface area contributed by atoms with Gasteiger partial charge in [-0.15, -0.1) is 0 Å². The third-order valence-electron chi connectivity index (χ3n) is 4.62. The molecule has 1 saturated carbocycles. The second-order valence-corrected chi connectivity index (χ2v) is 6.71. The average molecular weight is 273 g/mol. The van der Waals surface area contributed by atoms with Crippen LogP contribution in [0.2, 0.25) is 0 Å². The van der Waals surface area contributed by atoms with Crippen LogP contribution in [0.3, 0.4) is 0 Å². The van der Waals surface area contributed by atoms with Crippen molar-refractivity contribution in [3.63, 3.8) is 0 Å². The predicted molar refractivity (Wildman–Crippen MR) is 88.3 cm³/mol. The van der Waals surface area contributed by atoms with E-state index in [1.165, 1.54) is 50.6 Å². The summed E-state index contributed by atoms with van der Waals surface area (Å²) >= 11 is 0. The van der Waals surface area contributed by atoms with E-state index >= 15 is 0 Å². The zero-order valence-electron chi connectivity index (χ0n) is 13.5. The van der Waals surface area contributed by atoms with Gasteiger partial charge in [0.05, 0.1) is 0 Å². The Kier molecular flexibility index (Phi) is 6.09. The fourth-order valence-electron chi connectivity index (χ4n) is 3.55. The lowest BCUT2D eigenvalue weighted by Crippen LogP contribution is -2.33. The quantitative estimate of drug-likeness (QED) is 0.776. The summed E-state index contributed by atoms with van der Waals surface area (Å²) in [6.45, 7) is 7.95. The van der Waals surface area contributed by atoms with Crippen LogP contribution in [0.25, 0.3) is 0 Å². The second kappa shape index (κ2) is 7.83. The van der Waals surface area contributed by atoms with Crippen LogP contribution < -0.4 is 5.32 Å². The van der Waals surface area contributed by atoms with Crippen molar-refractivity contribution >= 4 is 0 Å². The first-order valence-electron chi connectivity index (χ1n) is 8.53. The number of benzene rings is 1.